The maximum atomic E-state index is 13.3. The van der Waals surface area contributed by atoms with Crippen molar-refractivity contribution in [1.29, 1.82) is 0 Å². The van der Waals surface area contributed by atoms with Crippen LogP contribution in [0.25, 0.3) is 0 Å². The molecule has 0 aromatic carbocycles. The standard InChI is InChI=1S/C28H46N10O14/c1-12(27(51)52)33-23(47)16(10-39)36-21(45)14(4-2-6-32-28(30)31)34-22(46)15(9-20(43)44)35-24(48)17(11-40)37-25(49)18-5-3-7-38(18)26(50)13(29)8-19(41)42/h12-18,39-40H,2-11,29H2,1H3,(H,33,47)(H,34,46)(H,35,48)(H,36,45)(H,37,49)(H,41,42)(H,43,44)(H,51,52)(H4,30,31,32). The number of hydrogen-bond acceptors (Lipinski definition) is 13. The summed E-state index contributed by atoms with van der Waals surface area (Å²) in [6.07, 6.45) is -1.56. The maximum absolute atomic E-state index is 13.3. The van der Waals surface area contributed by atoms with Crippen molar-refractivity contribution in [1.82, 2.24) is 31.5 Å². The highest BCUT2D eigenvalue weighted by atomic mass is 16.4. The molecule has 0 spiro atoms. The summed E-state index contributed by atoms with van der Waals surface area (Å²) in [6.45, 7) is -0.929. The number of guanidine groups is 1. The molecule has 0 aliphatic carbocycles. The molecule has 16 N–H and O–H groups in total. The lowest BCUT2D eigenvalue weighted by molar-refractivity contribution is -0.144. The van der Waals surface area contributed by atoms with Crippen molar-refractivity contribution in [2.24, 2.45) is 22.2 Å². The minimum atomic E-state index is -1.92. The lowest BCUT2D eigenvalue weighted by Gasteiger charge is -2.28. The predicted molar refractivity (Wildman–Crippen MR) is 174 cm³/mol. The van der Waals surface area contributed by atoms with Crippen molar-refractivity contribution in [2.75, 3.05) is 26.3 Å². The number of rotatable bonds is 22. The van der Waals surface area contributed by atoms with Crippen LogP contribution in [0.3, 0.4) is 0 Å². The number of likely N-dealkylation sites (tertiary alicyclic amines) is 1. The van der Waals surface area contributed by atoms with Crippen LogP contribution < -0.4 is 43.8 Å². The summed E-state index contributed by atoms with van der Waals surface area (Å²) >= 11 is 0. The largest absolute Gasteiger partial charge is 0.481 e. The van der Waals surface area contributed by atoms with Crippen LogP contribution in [0.5, 0.6) is 0 Å². The van der Waals surface area contributed by atoms with E-state index in [0.717, 1.165) is 11.8 Å². The summed E-state index contributed by atoms with van der Waals surface area (Å²) in [4.78, 5) is 116. The van der Waals surface area contributed by atoms with E-state index in [1.165, 1.54) is 0 Å². The molecule has 1 aliphatic heterocycles. The number of hydrogen-bond donors (Lipinski definition) is 13. The van der Waals surface area contributed by atoms with E-state index in [4.69, 9.17) is 27.4 Å². The fraction of sp³-hybridized carbons (Fsp3) is 0.643. The first-order chi connectivity index (χ1) is 24.3. The molecule has 0 saturated carbocycles. The Labute approximate surface area is 295 Å². The highest BCUT2D eigenvalue weighted by molar-refractivity contribution is 5.98. The fourth-order valence-corrected chi connectivity index (χ4v) is 4.80. The van der Waals surface area contributed by atoms with E-state index in [1.54, 1.807) is 0 Å². The summed E-state index contributed by atoms with van der Waals surface area (Å²) < 4.78 is 0. The van der Waals surface area contributed by atoms with Crippen LogP contribution >= 0.6 is 0 Å². The molecule has 0 bridgehead atoms. The number of nitrogens with zero attached hydrogens (tertiary/aromatic N) is 2. The number of aliphatic hydroxyl groups is 2. The lowest BCUT2D eigenvalue weighted by atomic mass is 10.1. The number of nitrogens with two attached hydrogens (primary N) is 3. The molecule has 7 atom stereocenters. The third-order valence-electron chi connectivity index (χ3n) is 7.50. The van der Waals surface area contributed by atoms with Gasteiger partial charge in [0.15, 0.2) is 5.96 Å². The Balaban J connectivity index is 3.15. The zero-order valence-corrected chi connectivity index (χ0v) is 28.1. The Bertz CT molecular complexity index is 1370. The monoisotopic (exact) mass is 746 g/mol. The molecular weight excluding hydrogens is 700 g/mol. The number of aliphatic imine (C=N–C) groups is 1. The van der Waals surface area contributed by atoms with E-state index < -0.39 is 122 Å². The SMILES string of the molecule is CC(NC(=O)C(CO)NC(=O)C(CCCN=C(N)N)NC(=O)C(CC(=O)O)NC(=O)C(CO)NC(=O)C1CCCN1C(=O)C(N)CC(=O)O)C(=O)O. The maximum Gasteiger partial charge on any atom is 0.325 e. The van der Waals surface area contributed by atoms with Gasteiger partial charge in [-0.25, -0.2) is 0 Å². The molecule has 0 aromatic rings. The highest BCUT2D eigenvalue weighted by Gasteiger charge is 2.39. The van der Waals surface area contributed by atoms with Crippen molar-refractivity contribution in [2.45, 2.75) is 87.7 Å². The molecule has 0 radical (unpaired) electrons. The van der Waals surface area contributed by atoms with Crippen LogP contribution in [-0.2, 0) is 43.2 Å². The van der Waals surface area contributed by atoms with Gasteiger partial charge in [0, 0.05) is 13.1 Å². The summed E-state index contributed by atoms with van der Waals surface area (Å²) in [7, 11) is 0. The highest BCUT2D eigenvalue weighted by Crippen LogP contribution is 2.19. The minimum Gasteiger partial charge on any atom is -0.481 e. The second kappa shape index (κ2) is 21.6. The second-order valence-corrected chi connectivity index (χ2v) is 11.6. The zero-order chi connectivity index (χ0) is 39.7. The number of carboxylic acid groups (broad SMARTS) is 3. The first-order valence-corrected chi connectivity index (χ1v) is 15.8. The minimum absolute atomic E-state index is 0.0266. The molecule has 1 rings (SSSR count). The number of nitrogens with one attached hydrogen (secondary N) is 5. The molecule has 52 heavy (non-hydrogen) atoms. The summed E-state index contributed by atoms with van der Waals surface area (Å²) in [6, 6.07) is -11.0. The first kappa shape index (κ1) is 44.4. The van der Waals surface area contributed by atoms with Gasteiger partial charge in [0.25, 0.3) is 0 Å². The van der Waals surface area contributed by atoms with E-state index in [0.29, 0.717) is 6.42 Å². The van der Waals surface area contributed by atoms with E-state index in [-0.39, 0.29) is 38.3 Å². The number of carbonyl (C=O) groups is 9. The second-order valence-electron chi connectivity index (χ2n) is 11.6. The van der Waals surface area contributed by atoms with Gasteiger partial charge in [0.2, 0.25) is 35.4 Å². The quantitative estimate of drug-likeness (QED) is 0.0278. The Morgan fingerprint density at radius 2 is 1.25 bits per heavy atom. The van der Waals surface area contributed by atoms with Crippen molar-refractivity contribution in [3.05, 3.63) is 0 Å². The van der Waals surface area contributed by atoms with Crippen LogP contribution in [0.1, 0.15) is 45.4 Å². The van der Waals surface area contributed by atoms with Gasteiger partial charge in [0.1, 0.15) is 36.3 Å². The fourth-order valence-electron chi connectivity index (χ4n) is 4.80. The topological polar surface area (TPSA) is 409 Å². The number of carboxylic acids is 3. The Hall–Kier alpha value is -5.62. The molecular formula is C28H46N10O14. The Morgan fingerprint density at radius 1 is 0.750 bits per heavy atom. The molecule has 1 aliphatic rings. The summed E-state index contributed by atoms with van der Waals surface area (Å²) in [5.41, 5.74) is 16.2. The van der Waals surface area contributed by atoms with Crippen molar-refractivity contribution in [3.8, 4) is 0 Å². The van der Waals surface area contributed by atoms with E-state index in [2.05, 4.69) is 31.6 Å². The number of amides is 6. The zero-order valence-electron chi connectivity index (χ0n) is 28.1. The molecule has 1 saturated heterocycles. The van der Waals surface area contributed by atoms with Crippen LogP contribution in [-0.4, -0.2) is 158 Å². The lowest BCUT2D eigenvalue weighted by Crippen LogP contribution is -2.60. The molecule has 24 nitrogen and oxygen atoms in total. The molecule has 1 heterocycles. The smallest absolute Gasteiger partial charge is 0.325 e. The van der Waals surface area contributed by atoms with Gasteiger partial charge in [0.05, 0.1) is 32.1 Å². The molecule has 0 aromatic heterocycles. The molecule has 6 amide bonds. The van der Waals surface area contributed by atoms with Crippen molar-refractivity contribution < 1.29 is 68.7 Å². The van der Waals surface area contributed by atoms with Crippen molar-refractivity contribution >= 4 is 59.3 Å². The Morgan fingerprint density at radius 3 is 1.79 bits per heavy atom. The van der Waals surface area contributed by atoms with Gasteiger partial charge in [-0.3, -0.25) is 48.1 Å². The van der Waals surface area contributed by atoms with Gasteiger partial charge in [-0.05, 0) is 32.6 Å². The number of aliphatic carboxylic acids is 3. The van der Waals surface area contributed by atoms with E-state index in [1.807, 2.05) is 0 Å². The van der Waals surface area contributed by atoms with E-state index >= 15 is 0 Å². The predicted octanol–water partition coefficient (Wildman–Crippen LogP) is -7.18. The van der Waals surface area contributed by atoms with Gasteiger partial charge in [-0.1, -0.05) is 0 Å². The van der Waals surface area contributed by atoms with Gasteiger partial charge < -0.3 is 74.2 Å². The summed E-state index contributed by atoms with van der Waals surface area (Å²) in [5.74, 6) is -11.1. The van der Waals surface area contributed by atoms with Gasteiger partial charge in [-0.2, -0.15) is 0 Å². The van der Waals surface area contributed by atoms with Gasteiger partial charge in [-0.15, -0.1) is 0 Å². The van der Waals surface area contributed by atoms with Crippen molar-refractivity contribution in [3.63, 3.8) is 0 Å². The average molecular weight is 747 g/mol. The molecule has 1 fully saturated rings. The normalized spacial score (nSPS) is 17.2. The van der Waals surface area contributed by atoms with Crippen LogP contribution in [0, 0.1) is 0 Å². The van der Waals surface area contributed by atoms with Crippen LogP contribution in [0.4, 0.5) is 0 Å². The van der Waals surface area contributed by atoms with Crippen LogP contribution in [0.15, 0.2) is 4.99 Å². The average Bonchev–Trinajstić information content (AvgIpc) is 3.55. The van der Waals surface area contributed by atoms with E-state index in [9.17, 15) is 58.5 Å². The third kappa shape index (κ3) is 14.7. The third-order valence-corrected chi connectivity index (χ3v) is 7.50. The molecule has 292 valence electrons. The summed E-state index contributed by atoms with van der Waals surface area (Å²) in [5, 5.41) is 57.6. The number of aliphatic hydroxyl groups excluding tert-OH is 2. The van der Waals surface area contributed by atoms with Gasteiger partial charge >= 0.3 is 17.9 Å². The molecule has 24 heteroatoms. The van der Waals surface area contributed by atoms with Crippen LogP contribution in [0.2, 0.25) is 0 Å². The first-order valence-electron chi connectivity index (χ1n) is 15.8. The number of carbonyl (C=O) groups excluding carboxylic acids is 6. The molecule has 7 unspecified atom stereocenters. The Kier molecular flexibility index (Phi) is 18.4.